The van der Waals surface area contributed by atoms with Crippen molar-refractivity contribution in [2.24, 2.45) is 0 Å². The first-order chi connectivity index (χ1) is 19.0. The van der Waals surface area contributed by atoms with Gasteiger partial charge in [0.25, 0.3) is 0 Å². The Morgan fingerprint density at radius 3 is 2.33 bits per heavy atom. The first-order valence-corrected chi connectivity index (χ1v) is 12.9. The van der Waals surface area contributed by atoms with Gasteiger partial charge in [0.05, 0.1) is 0 Å². The summed E-state index contributed by atoms with van der Waals surface area (Å²) in [6.07, 6.45) is 4.00. The molecule has 1 aliphatic rings. The van der Waals surface area contributed by atoms with Gasteiger partial charge in [-0.1, -0.05) is 17.7 Å². The van der Waals surface area contributed by atoms with Gasteiger partial charge in [-0.05, 0) is 97.2 Å². The molecule has 1 amide bonds. The second-order valence-corrected chi connectivity index (χ2v) is 9.60. The maximum absolute atomic E-state index is 14.2. The highest BCUT2D eigenvalue weighted by atomic mass is 35.5. The zero-order chi connectivity index (χ0) is 27.2. The van der Waals surface area contributed by atoms with Crippen LogP contribution in [0.1, 0.15) is 23.6 Å². The van der Waals surface area contributed by atoms with Crippen molar-refractivity contribution in [3.05, 3.63) is 119 Å². The van der Waals surface area contributed by atoms with E-state index < -0.39 is 29.9 Å². The summed E-state index contributed by atoms with van der Waals surface area (Å²) in [6, 6.07) is 20.2. The molecule has 0 spiro atoms. The number of pyridine rings is 1. The van der Waals surface area contributed by atoms with Gasteiger partial charge in [0.2, 0.25) is 0 Å². The Hall–Kier alpha value is -4.01. The zero-order valence-corrected chi connectivity index (χ0v) is 21.7. The van der Waals surface area contributed by atoms with Crippen molar-refractivity contribution in [1.29, 1.82) is 0 Å². The van der Waals surface area contributed by atoms with Gasteiger partial charge >= 0.3 is 6.09 Å². The standard InChI is InChI=1S/C30H26ClF2N3O3/c31-22-5-9-26(10-6-22)38-27-11-7-25(8-12-27)36-29(21-15-23(32)17-24(33)16-21)28(39-30(36)37)19-35-14-2-4-20-3-1-13-34-18-20/h1,3,5-13,15-18,28-29,35H,2,4,14,19H2/t28-,29-/m0/s1. The lowest BCUT2D eigenvalue weighted by Gasteiger charge is -2.25. The number of aryl methyl sites for hydroxylation is 1. The quantitative estimate of drug-likeness (QED) is 0.214. The second-order valence-electron chi connectivity index (χ2n) is 9.16. The summed E-state index contributed by atoms with van der Waals surface area (Å²) < 4.78 is 40.0. The molecule has 2 heterocycles. The van der Waals surface area contributed by atoms with Crippen LogP contribution in [0, 0.1) is 11.6 Å². The van der Waals surface area contributed by atoms with Gasteiger partial charge < -0.3 is 14.8 Å². The summed E-state index contributed by atoms with van der Waals surface area (Å²) in [5.74, 6) is -0.289. The molecule has 0 unspecified atom stereocenters. The van der Waals surface area contributed by atoms with Gasteiger partial charge in [-0.25, -0.2) is 13.6 Å². The van der Waals surface area contributed by atoms with Crippen LogP contribution in [0.5, 0.6) is 11.5 Å². The lowest BCUT2D eigenvalue weighted by molar-refractivity contribution is 0.130. The van der Waals surface area contributed by atoms with E-state index in [1.165, 1.54) is 17.0 Å². The number of halogens is 3. The lowest BCUT2D eigenvalue weighted by atomic mass is 9.99. The highest BCUT2D eigenvalue weighted by Gasteiger charge is 2.43. The third-order valence-corrected chi connectivity index (χ3v) is 6.61. The topological polar surface area (TPSA) is 63.7 Å². The van der Waals surface area contributed by atoms with Crippen LogP contribution in [-0.2, 0) is 11.2 Å². The maximum atomic E-state index is 14.2. The third kappa shape index (κ3) is 6.71. The molecule has 9 heteroatoms. The monoisotopic (exact) mass is 549 g/mol. The molecule has 3 aromatic carbocycles. The molecule has 0 saturated carbocycles. The van der Waals surface area contributed by atoms with Crippen molar-refractivity contribution in [3.63, 3.8) is 0 Å². The zero-order valence-electron chi connectivity index (χ0n) is 20.9. The molecule has 5 rings (SSSR count). The minimum atomic E-state index is -0.739. The Morgan fingerprint density at radius 2 is 1.67 bits per heavy atom. The third-order valence-electron chi connectivity index (χ3n) is 6.36. The summed E-state index contributed by atoms with van der Waals surface area (Å²) in [5, 5.41) is 3.92. The minimum absolute atomic E-state index is 0.307. The fourth-order valence-electron chi connectivity index (χ4n) is 4.58. The van der Waals surface area contributed by atoms with Crippen LogP contribution in [-0.4, -0.2) is 30.3 Å². The van der Waals surface area contributed by atoms with Gasteiger partial charge in [-0.3, -0.25) is 9.88 Å². The minimum Gasteiger partial charge on any atom is -0.457 e. The van der Waals surface area contributed by atoms with Crippen LogP contribution in [0.25, 0.3) is 0 Å². The number of amides is 1. The van der Waals surface area contributed by atoms with E-state index in [1.54, 1.807) is 54.7 Å². The average Bonchev–Trinajstić information content (AvgIpc) is 3.26. The molecule has 39 heavy (non-hydrogen) atoms. The maximum Gasteiger partial charge on any atom is 0.415 e. The summed E-state index contributed by atoms with van der Waals surface area (Å²) in [6.45, 7) is 0.986. The summed E-state index contributed by atoms with van der Waals surface area (Å²) in [4.78, 5) is 18.6. The number of nitrogens with one attached hydrogen (secondary N) is 1. The Morgan fingerprint density at radius 1 is 0.974 bits per heavy atom. The molecule has 1 N–H and O–H groups in total. The lowest BCUT2D eigenvalue weighted by Crippen LogP contribution is -2.35. The van der Waals surface area contributed by atoms with E-state index >= 15 is 0 Å². The molecular formula is C30H26ClF2N3O3. The SMILES string of the molecule is O=C1O[C@@H](CNCCCc2cccnc2)[C@H](c2cc(F)cc(F)c2)N1c1ccc(Oc2ccc(Cl)cc2)cc1. The smallest absolute Gasteiger partial charge is 0.415 e. The second kappa shape index (κ2) is 12.2. The van der Waals surface area contributed by atoms with Crippen molar-refractivity contribution in [3.8, 4) is 11.5 Å². The van der Waals surface area contributed by atoms with Crippen molar-refractivity contribution in [2.75, 3.05) is 18.0 Å². The van der Waals surface area contributed by atoms with E-state index in [2.05, 4.69) is 10.3 Å². The van der Waals surface area contributed by atoms with Crippen LogP contribution in [0.2, 0.25) is 5.02 Å². The molecule has 1 aromatic heterocycles. The molecule has 0 aliphatic carbocycles. The number of nitrogens with zero attached hydrogens (tertiary/aromatic N) is 2. The van der Waals surface area contributed by atoms with Gasteiger partial charge in [0.1, 0.15) is 35.3 Å². The van der Waals surface area contributed by atoms with Crippen LogP contribution in [0.4, 0.5) is 19.3 Å². The molecular weight excluding hydrogens is 524 g/mol. The van der Waals surface area contributed by atoms with Gasteiger partial charge in [0, 0.05) is 35.7 Å². The number of benzene rings is 3. The van der Waals surface area contributed by atoms with E-state index in [0.29, 0.717) is 40.9 Å². The van der Waals surface area contributed by atoms with E-state index in [0.717, 1.165) is 24.5 Å². The Balaban J connectivity index is 1.31. The number of carbonyl (C=O) groups is 1. The molecule has 1 fully saturated rings. The van der Waals surface area contributed by atoms with Gasteiger partial charge in [-0.15, -0.1) is 0 Å². The van der Waals surface area contributed by atoms with Crippen LogP contribution in [0.3, 0.4) is 0 Å². The molecule has 1 saturated heterocycles. The summed E-state index contributed by atoms with van der Waals surface area (Å²) in [7, 11) is 0. The first-order valence-electron chi connectivity index (χ1n) is 12.6. The number of rotatable bonds is 10. The van der Waals surface area contributed by atoms with Crippen molar-refractivity contribution in [2.45, 2.75) is 25.0 Å². The summed E-state index contributed by atoms with van der Waals surface area (Å²) in [5.41, 5.74) is 1.95. The van der Waals surface area contributed by atoms with E-state index in [-0.39, 0.29) is 0 Å². The van der Waals surface area contributed by atoms with E-state index in [4.69, 9.17) is 21.1 Å². The van der Waals surface area contributed by atoms with Gasteiger partial charge in [-0.2, -0.15) is 0 Å². The highest BCUT2D eigenvalue weighted by Crippen LogP contribution is 2.38. The fraction of sp³-hybridized carbons (Fsp3) is 0.200. The van der Waals surface area contributed by atoms with E-state index in [1.807, 2.05) is 18.3 Å². The van der Waals surface area contributed by atoms with Crippen LogP contribution >= 0.6 is 11.6 Å². The van der Waals surface area contributed by atoms with Crippen LogP contribution in [0.15, 0.2) is 91.3 Å². The largest absolute Gasteiger partial charge is 0.457 e. The molecule has 4 aromatic rings. The molecule has 200 valence electrons. The van der Waals surface area contributed by atoms with Gasteiger partial charge in [0.15, 0.2) is 0 Å². The first kappa shape index (κ1) is 26.6. The number of ether oxygens (including phenoxy) is 2. The predicted molar refractivity (Wildman–Crippen MR) is 145 cm³/mol. The molecule has 0 bridgehead atoms. The number of hydrogen-bond donors (Lipinski definition) is 1. The molecule has 6 nitrogen and oxygen atoms in total. The Kier molecular flexibility index (Phi) is 8.34. The molecule has 2 atom stereocenters. The average molecular weight is 550 g/mol. The predicted octanol–water partition coefficient (Wildman–Crippen LogP) is 7.09. The normalized spacial score (nSPS) is 16.8. The molecule has 1 aliphatic heterocycles. The Labute approximate surface area is 230 Å². The van der Waals surface area contributed by atoms with E-state index in [9.17, 15) is 13.6 Å². The number of carbonyl (C=O) groups excluding carboxylic acids is 1. The highest BCUT2D eigenvalue weighted by molar-refractivity contribution is 6.30. The van der Waals surface area contributed by atoms with Crippen molar-refractivity contribution < 1.29 is 23.0 Å². The van der Waals surface area contributed by atoms with Crippen LogP contribution < -0.4 is 15.0 Å². The number of anilines is 1. The van der Waals surface area contributed by atoms with Crippen molar-refractivity contribution >= 4 is 23.4 Å². The fourth-order valence-corrected chi connectivity index (χ4v) is 4.71. The number of aromatic nitrogens is 1. The number of hydrogen-bond acceptors (Lipinski definition) is 5. The molecule has 0 radical (unpaired) electrons. The van der Waals surface area contributed by atoms with Crippen molar-refractivity contribution in [1.82, 2.24) is 10.3 Å². The Bertz CT molecular complexity index is 1390. The number of cyclic esters (lactones) is 1. The summed E-state index contributed by atoms with van der Waals surface area (Å²) >= 11 is 5.93.